The lowest BCUT2D eigenvalue weighted by Gasteiger charge is -2.20. The molecule has 0 bridgehead atoms. The number of imidazole rings is 1. The lowest BCUT2D eigenvalue weighted by molar-refractivity contribution is -0.147. The monoisotopic (exact) mass is 398 g/mol. The zero-order valence-corrected chi connectivity index (χ0v) is 16.5. The third-order valence-electron chi connectivity index (χ3n) is 4.44. The number of carbonyl (C=O) groups is 3. The molecule has 0 aliphatic rings. The molecule has 152 valence electrons. The largest absolute Gasteiger partial charge is 0.468 e. The number of benzene rings is 1. The number of nitrogens with two attached hydrogens (primary N) is 1. The van der Waals surface area contributed by atoms with E-state index < -0.39 is 11.9 Å². The minimum Gasteiger partial charge on any atom is -0.468 e. The molecule has 0 radical (unpaired) electrons. The first-order chi connectivity index (χ1) is 13.8. The van der Waals surface area contributed by atoms with Gasteiger partial charge in [-0.3, -0.25) is 19.1 Å². The van der Waals surface area contributed by atoms with Crippen molar-refractivity contribution in [2.24, 2.45) is 12.8 Å². The third-order valence-corrected chi connectivity index (χ3v) is 4.44. The summed E-state index contributed by atoms with van der Waals surface area (Å²) in [7, 11) is 3.07. The molecule has 2 aromatic heterocycles. The van der Waals surface area contributed by atoms with Crippen LogP contribution in [-0.4, -0.2) is 55.7 Å². The van der Waals surface area contributed by atoms with Gasteiger partial charge in [0.1, 0.15) is 13.1 Å². The van der Waals surface area contributed by atoms with Gasteiger partial charge in [-0.05, 0) is 19.1 Å². The first kappa shape index (κ1) is 20.1. The Balaban J connectivity index is 1.90. The molecule has 2 N–H and O–H groups in total. The second-order valence-electron chi connectivity index (χ2n) is 6.75. The molecule has 0 saturated carbocycles. The van der Waals surface area contributed by atoms with Crippen molar-refractivity contribution in [2.75, 3.05) is 13.7 Å². The van der Waals surface area contributed by atoms with E-state index in [9.17, 15) is 14.4 Å². The summed E-state index contributed by atoms with van der Waals surface area (Å²) in [6, 6.07) is 5.43. The number of primary amides is 1. The molecule has 0 aliphatic carbocycles. The maximum Gasteiger partial charge on any atom is 0.325 e. The molecule has 1 aromatic carbocycles. The van der Waals surface area contributed by atoms with Gasteiger partial charge in [0.2, 0.25) is 5.91 Å². The molecular formula is C19H22N6O4. The van der Waals surface area contributed by atoms with Crippen molar-refractivity contribution in [1.29, 1.82) is 0 Å². The van der Waals surface area contributed by atoms with Crippen LogP contribution < -0.4 is 5.73 Å². The minimum atomic E-state index is -0.674. The minimum absolute atomic E-state index is 0.0979. The summed E-state index contributed by atoms with van der Waals surface area (Å²) < 4.78 is 7.87. The van der Waals surface area contributed by atoms with Crippen molar-refractivity contribution in [3.8, 4) is 0 Å². The van der Waals surface area contributed by atoms with Crippen molar-refractivity contribution in [1.82, 2.24) is 24.2 Å². The summed E-state index contributed by atoms with van der Waals surface area (Å²) >= 11 is 0. The lowest BCUT2D eigenvalue weighted by Crippen LogP contribution is -2.38. The van der Waals surface area contributed by atoms with E-state index in [1.807, 2.05) is 20.0 Å². The van der Waals surface area contributed by atoms with Crippen LogP contribution in [0.4, 0.5) is 0 Å². The highest BCUT2D eigenvalue weighted by Crippen LogP contribution is 2.20. The second kappa shape index (κ2) is 8.13. The predicted octanol–water partition coefficient (Wildman–Crippen LogP) is 0.379. The molecular weight excluding hydrogens is 376 g/mol. The number of hydrogen-bond donors (Lipinski definition) is 1. The van der Waals surface area contributed by atoms with E-state index in [2.05, 4.69) is 10.1 Å². The molecule has 0 fully saturated rings. The molecule has 0 atom stereocenters. The normalized spacial score (nSPS) is 10.9. The Morgan fingerprint density at radius 2 is 2.03 bits per heavy atom. The van der Waals surface area contributed by atoms with Crippen LogP contribution in [0.15, 0.2) is 30.7 Å². The van der Waals surface area contributed by atoms with Gasteiger partial charge in [0.05, 0.1) is 31.2 Å². The van der Waals surface area contributed by atoms with Crippen LogP contribution >= 0.6 is 0 Å². The van der Waals surface area contributed by atoms with Crippen LogP contribution in [0.2, 0.25) is 0 Å². The maximum atomic E-state index is 13.0. The average molecular weight is 398 g/mol. The first-order valence-electron chi connectivity index (χ1n) is 8.87. The van der Waals surface area contributed by atoms with E-state index in [1.54, 1.807) is 29.2 Å². The van der Waals surface area contributed by atoms with E-state index >= 15 is 0 Å². The molecule has 2 amide bonds. The fourth-order valence-corrected chi connectivity index (χ4v) is 3.02. The van der Waals surface area contributed by atoms with Gasteiger partial charge in [-0.15, -0.1) is 0 Å². The van der Waals surface area contributed by atoms with Gasteiger partial charge in [0, 0.05) is 18.6 Å². The number of aryl methyl sites for hydroxylation is 2. The molecule has 3 aromatic rings. The Morgan fingerprint density at radius 1 is 1.28 bits per heavy atom. The Labute approximate surface area is 166 Å². The van der Waals surface area contributed by atoms with Crippen LogP contribution in [0.25, 0.3) is 10.9 Å². The Kier molecular flexibility index (Phi) is 5.62. The van der Waals surface area contributed by atoms with Gasteiger partial charge in [-0.1, -0.05) is 11.6 Å². The Morgan fingerprint density at radius 3 is 2.66 bits per heavy atom. The number of amides is 2. The molecule has 2 heterocycles. The van der Waals surface area contributed by atoms with Crippen LogP contribution in [-0.2, 0) is 34.5 Å². The molecule has 10 nitrogen and oxygen atoms in total. The highest BCUT2D eigenvalue weighted by molar-refractivity contribution is 6.04. The van der Waals surface area contributed by atoms with Crippen molar-refractivity contribution >= 4 is 28.7 Å². The van der Waals surface area contributed by atoms with Crippen LogP contribution in [0, 0.1) is 6.92 Å². The standard InChI is InChI=1S/C19H22N6O4/c1-12-4-5-15-14(6-12)18(19(20)28)22-25(15)9-16(26)24(10-17(27)29-3)8-13-7-23(2)11-21-13/h4-7,11H,8-10H2,1-3H3,(H2,20,28). The molecule has 0 saturated heterocycles. The van der Waals surface area contributed by atoms with Gasteiger partial charge in [-0.2, -0.15) is 5.10 Å². The molecule has 0 unspecified atom stereocenters. The summed E-state index contributed by atoms with van der Waals surface area (Å²) in [6.45, 7) is 1.62. The van der Waals surface area contributed by atoms with Crippen molar-refractivity contribution < 1.29 is 19.1 Å². The number of methoxy groups -OCH3 is 1. The number of aromatic nitrogens is 4. The zero-order chi connectivity index (χ0) is 21.1. The summed E-state index contributed by atoms with van der Waals surface area (Å²) in [5.74, 6) is -1.60. The number of ether oxygens (including phenoxy) is 1. The third kappa shape index (κ3) is 4.42. The number of fused-ring (bicyclic) bond motifs is 1. The number of nitrogens with zero attached hydrogens (tertiary/aromatic N) is 5. The molecule has 0 spiro atoms. The SMILES string of the molecule is COC(=O)CN(Cc1cn(C)cn1)C(=O)Cn1nc(C(N)=O)c2cc(C)ccc21. The number of esters is 1. The van der Waals surface area contributed by atoms with Gasteiger partial charge < -0.3 is 19.9 Å². The quantitative estimate of drug-likeness (QED) is 0.574. The fourth-order valence-electron chi connectivity index (χ4n) is 3.02. The first-order valence-corrected chi connectivity index (χ1v) is 8.87. The van der Waals surface area contributed by atoms with Crippen molar-refractivity contribution in [3.63, 3.8) is 0 Å². The van der Waals surface area contributed by atoms with E-state index in [0.717, 1.165) is 5.56 Å². The van der Waals surface area contributed by atoms with Gasteiger partial charge in [-0.25, -0.2) is 4.98 Å². The second-order valence-corrected chi connectivity index (χ2v) is 6.75. The maximum absolute atomic E-state index is 13.0. The Bertz CT molecular complexity index is 1080. The predicted molar refractivity (Wildman–Crippen MR) is 104 cm³/mol. The summed E-state index contributed by atoms with van der Waals surface area (Å²) in [5.41, 5.74) is 7.71. The topological polar surface area (TPSA) is 125 Å². The van der Waals surface area contributed by atoms with Gasteiger partial charge in [0.15, 0.2) is 5.69 Å². The van der Waals surface area contributed by atoms with E-state index in [-0.39, 0.29) is 31.2 Å². The smallest absolute Gasteiger partial charge is 0.325 e. The van der Waals surface area contributed by atoms with Crippen LogP contribution in [0.1, 0.15) is 21.7 Å². The number of rotatable bonds is 7. The summed E-state index contributed by atoms with van der Waals surface area (Å²) in [4.78, 5) is 42.1. The molecule has 29 heavy (non-hydrogen) atoms. The van der Waals surface area contributed by atoms with Crippen molar-refractivity contribution in [3.05, 3.63) is 47.7 Å². The summed E-state index contributed by atoms with van der Waals surface area (Å²) in [6.07, 6.45) is 3.37. The summed E-state index contributed by atoms with van der Waals surface area (Å²) in [5, 5.41) is 4.80. The lowest BCUT2D eigenvalue weighted by atomic mass is 10.1. The number of hydrogen-bond acceptors (Lipinski definition) is 6. The molecule has 3 rings (SSSR count). The molecule has 0 aliphatic heterocycles. The van der Waals surface area contributed by atoms with Gasteiger partial charge in [0.25, 0.3) is 5.91 Å². The highest BCUT2D eigenvalue weighted by Gasteiger charge is 2.22. The fraction of sp³-hybridized carbons (Fsp3) is 0.316. The van der Waals surface area contributed by atoms with Crippen LogP contribution in [0.5, 0.6) is 0 Å². The van der Waals surface area contributed by atoms with Crippen LogP contribution in [0.3, 0.4) is 0 Å². The number of carbonyl (C=O) groups excluding carboxylic acids is 3. The zero-order valence-electron chi connectivity index (χ0n) is 16.5. The Hall–Kier alpha value is -3.69. The average Bonchev–Trinajstić information content (AvgIpc) is 3.24. The highest BCUT2D eigenvalue weighted by atomic mass is 16.5. The van der Waals surface area contributed by atoms with E-state index in [0.29, 0.717) is 16.6 Å². The molecule has 10 heteroatoms. The van der Waals surface area contributed by atoms with E-state index in [1.165, 1.54) is 16.7 Å². The van der Waals surface area contributed by atoms with Gasteiger partial charge >= 0.3 is 5.97 Å². The van der Waals surface area contributed by atoms with E-state index in [4.69, 9.17) is 10.5 Å². The van der Waals surface area contributed by atoms with Crippen molar-refractivity contribution in [2.45, 2.75) is 20.0 Å².